The number of non-ortho nitro benzene ring substituents is 1. The lowest BCUT2D eigenvalue weighted by atomic mass is 10.2. The van der Waals surface area contributed by atoms with Crippen LogP contribution < -0.4 is 5.32 Å². The molecular formula is C16H12FN5O3S. The molecule has 0 aliphatic carbocycles. The first-order valence-corrected chi connectivity index (χ1v) is 7.78. The van der Waals surface area contributed by atoms with Gasteiger partial charge in [0, 0.05) is 24.1 Å². The fourth-order valence-corrected chi connectivity index (χ4v) is 2.43. The van der Waals surface area contributed by atoms with E-state index >= 15 is 0 Å². The summed E-state index contributed by atoms with van der Waals surface area (Å²) < 4.78 is 13.1. The number of hydrogen-bond acceptors (Lipinski definition) is 5. The van der Waals surface area contributed by atoms with Gasteiger partial charge in [-0.3, -0.25) is 10.1 Å². The van der Waals surface area contributed by atoms with Gasteiger partial charge in [-0.15, -0.1) is 10.2 Å². The standard InChI is InChI=1S/C16H12FN5O3S/c17-10-3-1-2-9(6-10)8-18-16(26)21-20-14-12-7-11(22(24)25)4-5-13(12)19-15(14)23/h1-7,19,23H,8H2,(H,18,26). The molecule has 3 aromatic rings. The number of benzene rings is 2. The normalized spacial score (nSPS) is 11.1. The van der Waals surface area contributed by atoms with E-state index in [1.54, 1.807) is 12.1 Å². The molecule has 132 valence electrons. The Hall–Kier alpha value is -3.40. The van der Waals surface area contributed by atoms with E-state index in [4.69, 9.17) is 12.2 Å². The number of nitrogens with one attached hydrogen (secondary N) is 2. The van der Waals surface area contributed by atoms with Crippen LogP contribution in [0.15, 0.2) is 52.7 Å². The molecule has 0 saturated carbocycles. The summed E-state index contributed by atoms with van der Waals surface area (Å²) in [6, 6.07) is 10.0. The van der Waals surface area contributed by atoms with Crippen LogP contribution in [0.4, 0.5) is 15.8 Å². The highest BCUT2D eigenvalue weighted by Crippen LogP contribution is 2.37. The molecule has 10 heteroatoms. The Morgan fingerprint density at radius 2 is 2.15 bits per heavy atom. The Balaban J connectivity index is 1.77. The maximum absolute atomic E-state index is 13.1. The van der Waals surface area contributed by atoms with E-state index in [1.165, 1.54) is 30.3 Å². The van der Waals surface area contributed by atoms with Crippen molar-refractivity contribution in [2.75, 3.05) is 0 Å². The topological polar surface area (TPSA) is 116 Å². The number of nitrogens with zero attached hydrogens (tertiary/aromatic N) is 3. The number of halogens is 1. The van der Waals surface area contributed by atoms with Gasteiger partial charge in [0.2, 0.25) is 11.0 Å². The Kier molecular flexibility index (Phi) is 4.85. The SMILES string of the molecule is O=[N+]([O-])c1ccc2[nH]c(O)c(N=NC(=S)NCc3cccc(F)c3)c2c1. The molecule has 3 rings (SSSR count). The van der Waals surface area contributed by atoms with Crippen LogP contribution >= 0.6 is 12.2 Å². The fraction of sp³-hybridized carbons (Fsp3) is 0.0625. The van der Waals surface area contributed by atoms with Gasteiger partial charge >= 0.3 is 0 Å². The van der Waals surface area contributed by atoms with Crippen molar-refractivity contribution in [3.8, 4) is 5.88 Å². The summed E-state index contributed by atoms with van der Waals surface area (Å²) >= 11 is 5.03. The van der Waals surface area contributed by atoms with Gasteiger partial charge < -0.3 is 15.4 Å². The van der Waals surface area contributed by atoms with Crippen molar-refractivity contribution in [3.05, 3.63) is 64.0 Å². The molecule has 0 unspecified atom stereocenters. The van der Waals surface area contributed by atoms with Gasteiger partial charge in [-0.2, -0.15) is 0 Å². The van der Waals surface area contributed by atoms with Crippen LogP contribution in [0.2, 0.25) is 0 Å². The minimum Gasteiger partial charge on any atom is -0.493 e. The summed E-state index contributed by atoms with van der Waals surface area (Å²) in [5.41, 5.74) is 1.05. The summed E-state index contributed by atoms with van der Waals surface area (Å²) in [5.74, 6) is -0.640. The summed E-state index contributed by atoms with van der Waals surface area (Å²) in [6.45, 7) is 0.251. The van der Waals surface area contributed by atoms with Gasteiger partial charge in [0.25, 0.3) is 5.69 Å². The van der Waals surface area contributed by atoms with Crippen LogP contribution in [-0.4, -0.2) is 20.1 Å². The summed E-state index contributed by atoms with van der Waals surface area (Å²) in [5, 5.41) is 31.6. The number of aromatic hydroxyl groups is 1. The molecule has 0 bridgehead atoms. The first kappa shape index (κ1) is 17.4. The predicted molar refractivity (Wildman–Crippen MR) is 97.0 cm³/mol. The van der Waals surface area contributed by atoms with E-state index in [2.05, 4.69) is 20.5 Å². The minimum atomic E-state index is -0.546. The van der Waals surface area contributed by atoms with Crippen molar-refractivity contribution >= 4 is 39.6 Å². The van der Waals surface area contributed by atoms with Crippen LogP contribution in [0.25, 0.3) is 10.9 Å². The zero-order valence-corrected chi connectivity index (χ0v) is 14.0. The van der Waals surface area contributed by atoms with E-state index in [9.17, 15) is 19.6 Å². The van der Waals surface area contributed by atoms with E-state index in [0.717, 1.165) is 0 Å². The lowest BCUT2D eigenvalue weighted by molar-refractivity contribution is -0.384. The van der Waals surface area contributed by atoms with Crippen LogP contribution in [0, 0.1) is 15.9 Å². The molecule has 0 atom stereocenters. The molecule has 3 N–H and O–H groups in total. The number of H-pyrrole nitrogens is 1. The Morgan fingerprint density at radius 1 is 1.35 bits per heavy atom. The van der Waals surface area contributed by atoms with Gasteiger partial charge in [0.15, 0.2) is 5.69 Å². The maximum Gasteiger partial charge on any atom is 0.270 e. The number of fused-ring (bicyclic) bond motifs is 1. The smallest absolute Gasteiger partial charge is 0.270 e. The van der Waals surface area contributed by atoms with Crippen molar-refractivity contribution in [1.29, 1.82) is 0 Å². The molecule has 1 heterocycles. The van der Waals surface area contributed by atoms with Crippen LogP contribution in [-0.2, 0) is 6.54 Å². The largest absolute Gasteiger partial charge is 0.493 e. The molecule has 2 aromatic carbocycles. The molecular weight excluding hydrogens is 361 g/mol. The number of nitro benzene ring substituents is 1. The number of aromatic amines is 1. The summed E-state index contributed by atoms with van der Waals surface area (Å²) in [7, 11) is 0. The highest BCUT2D eigenvalue weighted by molar-refractivity contribution is 7.80. The molecule has 0 radical (unpaired) electrons. The Bertz CT molecular complexity index is 1030. The lowest BCUT2D eigenvalue weighted by Gasteiger charge is -2.03. The quantitative estimate of drug-likeness (QED) is 0.276. The van der Waals surface area contributed by atoms with Gasteiger partial charge in [-0.25, -0.2) is 4.39 Å². The second-order valence-electron chi connectivity index (χ2n) is 5.30. The molecule has 1 aromatic heterocycles. The molecule has 0 amide bonds. The second kappa shape index (κ2) is 7.23. The zero-order chi connectivity index (χ0) is 18.7. The Labute approximate surface area is 151 Å². The molecule has 0 saturated heterocycles. The molecule has 26 heavy (non-hydrogen) atoms. The molecule has 8 nitrogen and oxygen atoms in total. The number of hydrogen-bond donors (Lipinski definition) is 3. The van der Waals surface area contributed by atoms with Gasteiger partial charge in [0.1, 0.15) is 5.82 Å². The molecule has 0 spiro atoms. The third-order valence-corrected chi connectivity index (χ3v) is 3.75. The number of rotatable bonds is 4. The average Bonchev–Trinajstić information content (AvgIpc) is 2.92. The van der Waals surface area contributed by atoms with E-state index in [1.807, 2.05) is 0 Å². The summed E-state index contributed by atoms with van der Waals surface area (Å²) in [6.07, 6.45) is 0. The van der Waals surface area contributed by atoms with Crippen molar-refractivity contribution in [1.82, 2.24) is 10.3 Å². The van der Waals surface area contributed by atoms with Gasteiger partial charge in [-0.1, -0.05) is 12.1 Å². The van der Waals surface area contributed by atoms with E-state index in [-0.39, 0.29) is 34.7 Å². The van der Waals surface area contributed by atoms with Crippen molar-refractivity contribution in [2.24, 2.45) is 10.2 Å². The molecule has 0 aliphatic rings. The third kappa shape index (κ3) is 3.81. The monoisotopic (exact) mass is 373 g/mol. The molecule has 0 fully saturated rings. The lowest BCUT2D eigenvalue weighted by Crippen LogP contribution is -2.18. The Morgan fingerprint density at radius 3 is 2.88 bits per heavy atom. The highest BCUT2D eigenvalue weighted by Gasteiger charge is 2.15. The highest BCUT2D eigenvalue weighted by atomic mass is 32.1. The van der Waals surface area contributed by atoms with Gasteiger partial charge in [-0.05, 0) is 36.0 Å². The first-order valence-electron chi connectivity index (χ1n) is 7.37. The van der Waals surface area contributed by atoms with E-state index in [0.29, 0.717) is 16.5 Å². The first-order chi connectivity index (χ1) is 12.4. The number of aromatic nitrogens is 1. The average molecular weight is 373 g/mol. The van der Waals surface area contributed by atoms with Crippen LogP contribution in [0.5, 0.6) is 5.88 Å². The number of azo groups is 1. The van der Waals surface area contributed by atoms with Crippen LogP contribution in [0.1, 0.15) is 5.56 Å². The van der Waals surface area contributed by atoms with Crippen LogP contribution in [0.3, 0.4) is 0 Å². The predicted octanol–water partition coefficient (Wildman–Crippen LogP) is 4.08. The summed E-state index contributed by atoms with van der Waals surface area (Å²) in [4.78, 5) is 13.0. The molecule has 0 aliphatic heterocycles. The van der Waals surface area contributed by atoms with Crippen molar-refractivity contribution < 1.29 is 14.4 Å². The number of nitro groups is 1. The zero-order valence-electron chi connectivity index (χ0n) is 13.1. The minimum absolute atomic E-state index is 0.0217. The van der Waals surface area contributed by atoms with Gasteiger partial charge in [0.05, 0.1) is 10.4 Å². The van der Waals surface area contributed by atoms with Crippen molar-refractivity contribution in [2.45, 2.75) is 6.54 Å². The maximum atomic E-state index is 13.1. The number of thiocarbonyl (C=S) groups is 1. The second-order valence-corrected chi connectivity index (χ2v) is 5.68. The third-order valence-electron chi connectivity index (χ3n) is 3.52. The van der Waals surface area contributed by atoms with E-state index < -0.39 is 4.92 Å². The fourth-order valence-electron chi connectivity index (χ4n) is 2.32. The van der Waals surface area contributed by atoms with Crippen molar-refractivity contribution in [3.63, 3.8) is 0 Å².